The second-order valence-corrected chi connectivity index (χ2v) is 8.38. The van der Waals surface area contributed by atoms with Crippen LogP contribution in [0.4, 0.5) is 21.5 Å². The standard InChI is InChI=1S/C24H22FN3O3S/c1-15(23(30)27-18-9-7-17(8-10-18)26-16(2)29)32-20-13-11-19(12-14-20)28-24(31)21-5-3-4-6-22(21)25/h3-15H,1-2H3,(H,26,29)(H,27,30)(H,28,31). The molecule has 1 unspecified atom stereocenters. The van der Waals surface area contributed by atoms with Crippen LogP contribution in [0.2, 0.25) is 0 Å². The van der Waals surface area contributed by atoms with E-state index in [0.717, 1.165) is 4.90 Å². The van der Waals surface area contributed by atoms with Crippen LogP contribution < -0.4 is 16.0 Å². The molecule has 0 radical (unpaired) electrons. The van der Waals surface area contributed by atoms with E-state index in [2.05, 4.69) is 16.0 Å². The van der Waals surface area contributed by atoms with Crippen molar-refractivity contribution in [3.05, 3.63) is 84.2 Å². The Kier molecular flexibility index (Phi) is 7.62. The molecule has 0 bridgehead atoms. The number of nitrogens with one attached hydrogen (secondary N) is 3. The minimum Gasteiger partial charge on any atom is -0.326 e. The van der Waals surface area contributed by atoms with Gasteiger partial charge in [-0.3, -0.25) is 14.4 Å². The first-order valence-corrected chi connectivity index (χ1v) is 10.7. The molecule has 32 heavy (non-hydrogen) atoms. The van der Waals surface area contributed by atoms with Gasteiger partial charge in [-0.25, -0.2) is 4.39 Å². The van der Waals surface area contributed by atoms with Gasteiger partial charge in [-0.1, -0.05) is 12.1 Å². The zero-order chi connectivity index (χ0) is 23.1. The minimum absolute atomic E-state index is 0.0265. The Morgan fingerprint density at radius 2 is 1.31 bits per heavy atom. The monoisotopic (exact) mass is 451 g/mol. The maximum absolute atomic E-state index is 13.7. The molecule has 164 valence electrons. The number of carbonyl (C=O) groups excluding carboxylic acids is 3. The molecule has 6 nitrogen and oxygen atoms in total. The molecule has 0 aromatic heterocycles. The molecule has 0 aliphatic heterocycles. The van der Waals surface area contributed by atoms with Crippen molar-refractivity contribution in [2.75, 3.05) is 16.0 Å². The Morgan fingerprint density at radius 3 is 1.91 bits per heavy atom. The molecule has 0 saturated heterocycles. The largest absolute Gasteiger partial charge is 0.326 e. The van der Waals surface area contributed by atoms with Crippen LogP contribution in [0.5, 0.6) is 0 Å². The Labute approximate surface area is 189 Å². The van der Waals surface area contributed by atoms with Crippen molar-refractivity contribution in [2.45, 2.75) is 24.0 Å². The predicted molar refractivity (Wildman–Crippen MR) is 125 cm³/mol. The third-order valence-corrected chi connectivity index (χ3v) is 5.50. The number of hydrogen-bond acceptors (Lipinski definition) is 4. The lowest BCUT2D eigenvalue weighted by molar-refractivity contribution is -0.115. The maximum Gasteiger partial charge on any atom is 0.258 e. The van der Waals surface area contributed by atoms with E-state index in [0.29, 0.717) is 17.1 Å². The molecule has 0 heterocycles. The molecule has 3 amide bonds. The highest BCUT2D eigenvalue weighted by molar-refractivity contribution is 8.00. The van der Waals surface area contributed by atoms with Crippen molar-refractivity contribution in [1.82, 2.24) is 0 Å². The van der Waals surface area contributed by atoms with E-state index in [4.69, 9.17) is 0 Å². The Hall–Kier alpha value is -3.65. The van der Waals surface area contributed by atoms with E-state index in [9.17, 15) is 18.8 Å². The molecule has 0 spiro atoms. The zero-order valence-electron chi connectivity index (χ0n) is 17.5. The summed E-state index contributed by atoms with van der Waals surface area (Å²) in [5.41, 5.74) is 1.78. The fourth-order valence-electron chi connectivity index (χ4n) is 2.80. The van der Waals surface area contributed by atoms with Gasteiger partial charge in [-0.15, -0.1) is 11.8 Å². The average Bonchev–Trinajstić information content (AvgIpc) is 2.76. The highest BCUT2D eigenvalue weighted by Crippen LogP contribution is 2.26. The molecule has 1 atom stereocenters. The molecular weight excluding hydrogens is 429 g/mol. The fourth-order valence-corrected chi connectivity index (χ4v) is 3.67. The number of carbonyl (C=O) groups is 3. The fraction of sp³-hybridized carbons (Fsp3) is 0.125. The molecule has 8 heteroatoms. The summed E-state index contributed by atoms with van der Waals surface area (Å²) >= 11 is 1.37. The Bertz CT molecular complexity index is 1120. The van der Waals surface area contributed by atoms with Crippen molar-refractivity contribution in [3.8, 4) is 0 Å². The van der Waals surface area contributed by atoms with Gasteiger partial charge in [-0.2, -0.15) is 0 Å². The van der Waals surface area contributed by atoms with E-state index in [1.165, 1.54) is 36.9 Å². The van der Waals surface area contributed by atoms with Gasteiger partial charge >= 0.3 is 0 Å². The van der Waals surface area contributed by atoms with E-state index in [1.54, 1.807) is 61.5 Å². The highest BCUT2D eigenvalue weighted by Gasteiger charge is 2.15. The van der Waals surface area contributed by atoms with Gasteiger partial charge in [0.05, 0.1) is 10.8 Å². The van der Waals surface area contributed by atoms with Crippen LogP contribution in [0.1, 0.15) is 24.2 Å². The second kappa shape index (κ2) is 10.6. The summed E-state index contributed by atoms with van der Waals surface area (Å²) < 4.78 is 13.7. The first-order valence-electron chi connectivity index (χ1n) is 9.83. The molecule has 3 aromatic carbocycles. The third-order valence-electron chi connectivity index (χ3n) is 4.39. The molecule has 3 N–H and O–H groups in total. The van der Waals surface area contributed by atoms with Crippen LogP contribution in [0.25, 0.3) is 0 Å². The van der Waals surface area contributed by atoms with Crippen molar-refractivity contribution in [3.63, 3.8) is 0 Å². The summed E-state index contributed by atoms with van der Waals surface area (Å²) in [6, 6.07) is 19.6. The summed E-state index contributed by atoms with van der Waals surface area (Å²) in [6.45, 7) is 3.22. The molecule has 0 saturated carbocycles. The minimum atomic E-state index is -0.582. The van der Waals surface area contributed by atoms with Crippen LogP contribution in [0, 0.1) is 5.82 Å². The van der Waals surface area contributed by atoms with Gasteiger partial charge in [0.15, 0.2) is 0 Å². The molecule has 0 fully saturated rings. The van der Waals surface area contributed by atoms with Gasteiger partial charge < -0.3 is 16.0 Å². The summed E-state index contributed by atoms with van der Waals surface area (Å²) in [5, 5.41) is 7.79. The van der Waals surface area contributed by atoms with E-state index in [1.807, 2.05) is 0 Å². The van der Waals surface area contributed by atoms with E-state index < -0.39 is 11.7 Å². The lowest BCUT2D eigenvalue weighted by atomic mass is 10.2. The quantitative estimate of drug-likeness (QED) is 0.433. The molecular formula is C24H22FN3O3S. The first-order chi connectivity index (χ1) is 15.3. The van der Waals surface area contributed by atoms with Gasteiger partial charge in [0.1, 0.15) is 5.82 Å². The Balaban J connectivity index is 1.54. The number of rotatable bonds is 7. The van der Waals surface area contributed by atoms with Crippen LogP contribution in [-0.2, 0) is 9.59 Å². The summed E-state index contributed by atoms with van der Waals surface area (Å²) in [4.78, 5) is 36.6. The number of hydrogen-bond donors (Lipinski definition) is 3. The van der Waals surface area contributed by atoms with Crippen LogP contribution in [0.15, 0.2) is 77.7 Å². The Morgan fingerprint density at radius 1 is 0.781 bits per heavy atom. The number of halogens is 1. The SMILES string of the molecule is CC(=O)Nc1ccc(NC(=O)C(C)Sc2ccc(NC(=O)c3ccccc3F)cc2)cc1. The van der Waals surface area contributed by atoms with E-state index >= 15 is 0 Å². The molecule has 3 aromatic rings. The topological polar surface area (TPSA) is 87.3 Å². The predicted octanol–water partition coefficient (Wildman–Crippen LogP) is 5.16. The van der Waals surface area contributed by atoms with Gasteiger partial charge in [0.2, 0.25) is 11.8 Å². The number of anilines is 3. The second-order valence-electron chi connectivity index (χ2n) is 6.97. The number of benzene rings is 3. The molecule has 0 aliphatic carbocycles. The number of thioether (sulfide) groups is 1. The number of amides is 3. The summed E-state index contributed by atoms with van der Waals surface area (Å²) in [6.07, 6.45) is 0. The smallest absolute Gasteiger partial charge is 0.258 e. The summed E-state index contributed by atoms with van der Waals surface area (Å²) in [5.74, 6) is -1.44. The summed E-state index contributed by atoms with van der Waals surface area (Å²) in [7, 11) is 0. The van der Waals surface area contributed by atoms with Gasteiger partial charge in [0, 0.05) is 28.9 Å². The molecule has 3 rings (SSSR count). The van der Waals surface area contributed by atoms with Crippen molar-refractivity contribution >= 4 is 46.5 Å². The lowest BCUT2D eigenvalue weighted by Gasteiger charge is -2.13. The molecule has 0 aliphatic rings. The van der Waals surface area contributed by atoms with Gasteiger partial charge in [-0.05, 0) is 67.6 Å². The van der Waals surface area contributed by atoms with Crippen molar-refractivity contribution < 1.29 is 18.8 Å². The maximum atomic E-state index is 13.7. The zero-order valence-corrected chi connectivity index (χ0v) is 18.3. The first kappa shape index (κ1) is 23.0. The highest BCUT2D eigenvalue weighted by atomic mass is 32.2. The van der Waals surface area contributed by atoms with Crippen LogP contribution in [-0.4, -0.2) is 23.0 Å². The third kappa shape index (κ3) is 6.42. The van der Waals surface area contributed by atoms with Gasteiger partial charge in [0.25, 0.3) is 5.91 Å². The normalized spacial score (nSPS) is 11.3. The van der Waals surface area contributed by atoms with E-state index in [-0.39, 0.29) is 22.6 Å². The average molecular weight is 452 g/mol. The lowest BCUT2D eigenvalue weighted by Crippen LogP contribution is -2.22. The van der Waals surface area contributed by atoms with Crippen molar-refractivity contribution in [2.24, 2.45) is 0 Å². The van der Waals surface area contributed by atoms with Crippen LogP contribution >= 0.6 is 11.8 Å². The van der Waals surface area contributed by atoms with Crippen molar-refractivity contribution in [1.29, 1.82) is 0 Å². The van der Waals surface area contributed by atoms with Crippen LogP contribution in [0.3, 0.4) is 0 Å².